The van der Waals surface area contributed by atoms with Gasteiger partial charge in [-0.15, -0.1) is 0 Å². The van der Waals surface area contributed by atoms with E-state index in [9.17, 15) is 4.79 Å². The average Bonchev–Trinajstić information content (AvgIpc) is 3.07. The Labute approximate surface area is 145 Å². The molecule has 0 bridgehead atoms. The minimum absolute atomic E-state index is 0.157. The Morgan fingerprint density at radius 3 is 2.67 bits per heavy atom. The van der Waals surface area contributed by atoms with Crippen molar-refractivity contribution in [2.24, 2.45) is 0 Å². The van der Waals surface area contributed by atoms with Crippen LogP contribution in [0.2, 0.25) is 0 Å². The fourth-order valence-electron chi connectivity index (χ4n) is 2.31. The second kappa shape index (κ2) is 7.88. The molecular formula is C18H19N3O2S. The van der Waals surface area contributed by atoms with Crippen LogP contribution in [0.15, 0.2) is 42.5 Å². The van der Waals surface area contributed by atoms with E-state index in [0.717, 1.165) is 34.9 Å². The Morgan fingerprint density at radius 1 is 1.08 bits per heavy atom. The van der Waals surface area contributed by atoms with Crippen LogP contribution in [-0.4, -0.2) is 21.3 Å². The van der Waals surface area contributed by atoms with E-state index in [0.29, 0.717) is 17.9 Å². The molecule has 0 spiro atoms. The molecule has 5 nitrogen and oxygen atoms in total. The van der Waals surface area contributed by atoms with E-state index in [1.807, 2.05) is 30.3 Å². The molecule has 0 aliphatic rings. The molecule has 0 radical (unpaired) electrons. The molecule has 0 saturated heterocycles. The lowest BCUT2D eigenvalue weighted by molar-refractivity contribution is 0.102. The molecule has 0 saturated carbocycles. The molecule has 0 atom stereocenters. The van der Waals surface area contributed by atoms with Gasteiger partial charge in [-0.1, -0.05) is 19.8 Å². The summed E-state index contributed by atoms with van der Waals surface area (Å²) < 4.78 is 14.0. The summed E-state index contributed by atoms with van der Waals surface area (Å²) in [5.74, 6) is 0.632. The molecule has 1 heterocycles. The van der Waals surface area contributed by atoms with Crippen LogP contribution >= 0.6 is 11.7 Å². The van der Waals surface area contributed by atoms with Gasteiger partial charge < -0.3 is 10.1 Å². The van der Waals surface area contributed by atoms with Crippen LogP contribution in [-0.2, 0) is 0 Å². The maximum Gasteiger partial charge on any atom is 0.255 e. The van der Waals surface area contributed by atoms with Crippen LogP contribution in [0.3, 0.4) is 0 Å². The van der Waals surface area contributed by atoms with Crippen LogP contribution in [0.1, 0.15) is 36.5 Å². The van der Waals surface area contributed by atoms with Gasteiger partial charge >= 0.3 is 0 Å². The quantitative estimate of drug-likeness (QED) is 0.642. The Morgan fingerprint density at radius 2 is 1.88 bits per heavy atom. The molecule has 1 amide bonds. The van der Waals surface area contributed by atoms with Gasteiger partial charge in [0, 0.05) is 11.3 Å². The first kappa shape index (κ1) is 16.4. The highest BCUT2D eigenvalue weighted by Crippen LogP contribution is 2.19. The molecule has 0 unspecified atom stereocenters. The number of fused-ring (bicyclic) bond motifs is 1. The predicted octanol–water partition coefficient (Wildman–Crippen LogP) is 4.51. The molecule has 3 rings (SSSR count). The van der Waals surface area contributed by atoms with Crippen molar-refractivity contribution in [1.82, 2.24) is 8.75 Å². The molecular weight excluding hydrogens is 322 g/mol. The molecule has 3 aromatic rings. The van der Waals surface area contributed by atoms with Crippen LogP contribution in [0.4, 0.5) is 5.69 Å². The first-order valence-electron chi connectivity index (χ1n) is 8.03. The largest absolute Gasteiger partial charge is 0.494 e. The van der Waals surface area contributed by atoms with Crippen molar-refractivity contribution < 1.29 is 9.53 Å². The molecule has 1 aromatic heterocycles. The third-order valence-corrected chi connectivity index (χ3v) is 4.20. The fraction of sp³-hybridized carbons (Fsp3) is 0.278. The van der Waals surface area contributed by atoms with Gasteiger partial charge in [0.1, 0.15) is 16.8 Å². The van der Waals surface area contributed by atoms with E-state index >= 15 is 0 Å². The molecule has 1 N–H and O–H groups in total. The van der Waals surface area contributed by atoms with Crippen LogP contribution < -0.4 is 10.1 Å². The molecule has 6 heteroatoms. The van der Waals surface area contributed by atoms with Gasteiger partial charge in [0.2, 0.25) is 0 Å². The molecule has 0 fully saturated rings. The van der Waals surface area contributed by atoms with Crippen molar-refractivity contribution in [2.75, 3.05) is 11.9 Å². The SMILES string of the molecule is CCCCCOc1ccc(C(=O)Nc2ccc3nsnc3c2)cc1. The summed E-state index contributed by atoms with van der Waals surface area (Å²) in [6.07, 6.45) is 3.39. The lowest BCUT2D eigenvalue weighted by Gasteiger charge is -2.08. The number of carbonyl (C=O) groups excluding carboxylic acids is 1. The summed E-state index contributed by atoms with van der Waals surface area (Å²) in [4.78, 5) is 12.3. The molecule has 124 valence electrons. The van der Waals surface area contributed by atoms with Crippen molar-refractivity contribution in [3.63, 3.8) is 0 Å². The van der Waals surface area contributed by atoms with Crippen molar-refractivity contribution in [3.05, 3.63) is 48.0 Å². The van der Waals surface area contributed by atoms with Gasteiger partial charge in [0.15, 0.2) is 0 Å². The lowest BCUT2D eigenvalue weighted by atomic mass is 10.2. The Bertz CT molecular complexity index is 815. The minimum atomic E-state index is -0.157. The summed E-state index contributed by atoms with van der Waals surface area (Å²) >= 11 is 1.16. The second-order valence-electron chi connectivity index (χ2n) is 5.50. The zero-order valence-electron chi connectivity index (χ0n) is 13.5. The molecule has 0 aliphatic carbocycles. The van der Waals surface area contributed by atoms with E-state index in [1.54, 1.807) is 12.1 Å². The third-order valence-electron chi connectivity index (χ3n) is 3.64. The summed E-state index contributed by atoms with van der Waals surface area (Å²) in [6.45, 7) is 2.87. The van der Waals surface area contributed by atoms with Crippen molar-refractivity contribution in [3.8, 4) is 5.75 Å². The summed E-state index contributed by atoms with van der Waals surface area (Å²) in [6, 6.07) is 12.7. The lowest BCUT2D eigenvalue weighted by Crippen LogP contribution is -2.11. The van der Waals surface area contributed by atoms with E-state index in [-0.39, 0.29) is 5.91 Å². The molecule has 0 aliphatic heterocycles. The van der Waals surface area contributed by atoms with Gasteiger partial charge in [0.05, 0.1) is 18.3 Å². The van der Waals surface area contributed by atoms with Crippen LogP contribution in [0, 0.1) is 0 Å². The Kier molecular flexibility index (Phi) is 5.38. The highest BCUT2D eigenvalue weighted by molar-refractivity contribution is 7.00. The number of benzene rings is 2. The monoisotopic (exact) mass is 341 g/mol. The highest BCUT2D eigenvalue weighted by atomic mass is 32.1. The van der Waals surface area contributed by atoms with Crippen LogP contribution in [0.5, 0.6) is 5.75 Å². The number of carbonyl (C=O) groups is 1. The summed E-state index contributed by atoms with van der Waals surface area (Å²) in [5, 5.41) is 2.88. The Balaban J connectivity index is 1.60. The number of nitrogens with one attached hydrogen (secondary N) is 1. The van der Waals surface area contributed by atoms with Crippen LogP contribution in [0.25, 0.3) is 11.0 Å². The number of hydrogen-bond donors (Lipinski definition) is 1. The van der Waals surface area contributed by atoms with Gasteiger partial charge in [-0.25, -0.2) is 0 Å². The molecule has 2 aromatic carbocycles. The fourth-order valence-corrected chi connectivity index (χ4v) is 2.83. The third kappa shape index (κ3) is 4.08. The van der Waals surface area contributed by atoms with Gasteiger partial charge in [-0.3, -0.25) is 4.79 Å². The van der Waals surface area contributed by atoms with Gasteiger partial charge in [-0.05, 0) is 48.9 Å². The van der Waals surface area contributed by atoms with E-state index < -0.39 is 0 Å². The first-order valence-corrected chi connectivity index (χ1v) is 8.76. The summed E-state index contributed by atoms with van der Waals surface area (Å²) in [7, 11) is 0. The normalized spacial score (nSPS) is 10.7. The number of hydrogen-bond acceptors (Lipinski definition) is 5. The second-order valence-corrected chi connectivity index (χ2v) is 6.03. The minimum Gasteiger partial charge on any atom is -0.494 e. The first-order chi connectivity index (χ1) is 11.8. The van der Waals surface area contributed by atoms with Crippen molar-refractivity contribution in [2.45, 2.75) is 26.2 Å². The number of nitrogens with zero attached hydrogens (tertiary/aromatic N) is 2. The smallest absolute Gasteiger partial charge is 0.255 e. The zero-order valence-corrected chi connectivity index (χ0v) is 14.3. The number of amides is 1. The van der Waals surface area contributed by atoms with Crippen molar-refractivity contribution >= 4 is 34.4 Å². The molecule has 24 heavy (non-hydrogen) atoms. The highest BCUT2D eigenvalue weighted by Gasteiger charge is 2.08. The average molecular weight is 341 g/mol. The van der Waals surface area contributed by atoms with Crippen molar-refractivity contribution in [1.29, 1.82) is 0 Å². The number of unbranched alkanes of at least 4 members (excludes halogenated alkanes) is 2. The number of aromatic nitrogens is 2. The summed E-state index contributed by atoms with van der Waals surface area (Å²) in [5.41, 5.74) is 2.92. The van der Waals surface area contributed by atoms with Gasteiger partial charge in [0.25, 0.3) is 5.91 Å². The number of anilines is 1. The van der Waals surface area contributed by atoms with E-state index in [2.05, 4.69) is 21.0 Å². The maximum absolute atomic E-state index is 12.3. The standard InChI is InChI=1S/C18H19N3O2S/c1-2-3-4-11-23-15-8-5-13(6-9-15)18(22)19-14-7-10-16-17(12-14)21-24-20-16/h5-10,12H,2-4,11H2,1H3,(H,19,22). The zero-order chi connectivity index (χ0) is 16.8. The number of ether oxygens (including phenoxy) is 1. The Hall–Kier alpha value is -2.47. The van der Waals surface area contributed by atoms with Gasteiger partial charge in [-0.2, -0.15) is 8.75 Å². The topological polar surface area (TPSA) is 64.1 Å². The van der Waals surface area contributed by atoms with E-state index in [4.69, 9.17) is 4.74 Å². The maximum atomic E-state index is 12.3. The number of rotatable bonds is 7. The van der Waals surface area contributed by atoms with E-state index in [1.165, 1.54) is 12.8 Å². The predicted molar refractivity (Wildman–Crippen MR) is 96.8 cm³/mol.